The van der Waals surface area contributed by atoms with E-state index < -0.39 is 0 Å². The maximum Gasteiger partial charge on any atom is 0.0702 e. The van der Waals surface area contributed by atoms with Crippen LogP contribution in [0.4, 0.5) is 0 Å². The van der Waals surface area contributed by atoms with Crippen molar-refractivity contribution in [1.82, 2.24) is 14.5 Å². The lowest BCUT2D eigenvalue weighted by molar-refractivity contribution is 0.378. The van der Waals surface area contributed by atoms with Crippen molar-refractivity contribution in [2.75, 3.05) is 59.4 Å². The van der Waals surface area contributed by atoms with Crippen molar-refractivity contribution < 1.29 is 0 Å². The molecule has 0 N–H and O–H groups in total. The van der Waals surface area contributed by atoms with E-state index in [1.165, 1.54) is 22.0 Å². The highest BCUT2D eigenvalue weighted by Gasteiger charge is 2.15. The highest BCUT2D eigenvalue weighted by atomic mass is 35.5. The first-order valence-electron chi connectivity index (χ1n) is 10.4. The molecule has 29 heavy (non-hydrogen) atoms. The molecule has 0 aliphatic heterocycles. The Labute approximate surface area is 180 Å². The number of halogens is 1. The molecule has 0 unspecified atom stereocenters. The van der Waals surface area contributed by atoms with Crippen LogP contribution in [-0.2, 0) is 0 Å². The number of fused-ring (bicyclic) bond motifs is 1. The predicted octanol–water partition coefficient (Wildman–Crippen LogP) is 4.80. The highest BCUT2D eigenvalue weighted by Crippen LogP contribution is 2.32. The minimum atomic E-state index is 0.777. The second kappa shape index (κ2) is 10.1. The van der Waals surface area contributed by atoms with Gasteiger partial charge >= 0.3 is 0 Å². The topological polar surface area (TPSA) is 14.7 Å². The average Bonchev–Trinajstić information content (AvgIpc) is 3.05. The van der Waals surface area contributed by atoms with Crippen LogP contribution in [0.5, 0.6) is 0 Å². The van der Waals surface area contributed by atoms with Crippen molar-refractivity contribution in [2.24, 2.45) is 0 Å². The van der Waals surface area contributed by atoms with Gasteiger partial charge in [-0.2, -0.15) is 0 Å². The summed E-state index contributed by atoms with van der Waals surface area (Å²) in [5, 5.41) is 4.46. The van der Waals surface area contributed by atoms with Crippen molar-refractivity contribution in [3.05, 3.63) is 59.8 Å². The number of hydrogen-bond donors (Lipinski definition) is 0. The summed E-state index contributed by atoms with van der Waals surface area (Å²) in [6, 6.07) is 16.8. The Bertz CT molecular complexity index is 888. The minimum absolute atomic E-state index is 0.777. The molecule has 156 valence electrons. The third-order valence-corrected chi connectivity index (χ3v) is 5.41. The van der Waals surface area contributed by atoms with Crippen LogP contribution >= 0.6 is 11.6 Å². The van der Waals surface area contributed by atoms with Gasteiger partial charge in [0.1, 0.15) is 0 Å². The second-order valence-electron chi connectivity index (χ2n) is 8.18. The molecule has 1 heterocycles. The van der Waals surface area contributed by atoms with Crippen molar-refractivity contribution in [3.63, 3.8) is 0 Å². The zero-order valence-corrected chi connectivity index (χ0v) is 18.9. The van der Waals surface area contributed by atoms with Gasteiger partial charge < -0.3 is 14.8 Å². The van der Waals surface area contributed by atoms with E-state index in [-0.39, 0.29) is 0 Å². The summed E-state index contributed by atoms with van der Waals surface area (Å²) >= 11 is 6.37. The number of rotatable bonds is 10. The smallest absolute Gasteiger partial charge is 0.0702 e. The fourth-order valence-corrected chi connectivity index (χ4v) is 3.91. The summed E-state index contributed by atoms with van der Waals surface area (Å²) in [7, 11) is 8.54. The summed E-state index contributed by atoms with van der Waals surface area (Å²) in [6.07, 6.45) is 4.54. The molecule has 0 radical (unpaired) electrons. The molecule has 0 fully saturated rings. The van der Waals surface area contributed by atoms with E-state index >= 15 is 0 Å². The molecule has 0 spiro atoms. The Hall–Kier alpha value is -2.01. The van der Waals surface area contributed by atoms with Crippen LogP contribution in [-0.4, -0.2) is 68.8 Å². The van der Waals surface area contributed by atoms with Crippen LogP contribution in [0.25, 0.3) is 22.0 Å². The largest absolute Gasteiger partial charge is 0.313 e. The van der Waals surface area contributed by atoms with Crippen LogP contribution in [0.15, 0.2) is 54.7 Å². The van der Waals surface area contributed by atoms with Gasteiger partial charge in [-0.1, -0.05) is 41.9 Å². The first-order valence-corrected chi connectivity index (χ1v) is 10.7. The van der Waals surface area contributed by atoms with E-state index in [1.54, 1.807) is 0 Å². The van der Waals surface area contributed by atoms with Gasteiger partial charge in [0, 0.05) is 35.3 Å². The first-order chi connectivity index (χ1) is 14.0. The monoisotopic (exact) mass is 412 g/mol. The molecule has 2 aromatic carbocycles. The Kier molecular flexibility index (Phi) is 7.59. The molecule has 0 aliphatic rings. The quantitative estimate of drug-likeness (QED) is 0.475. The standard InChI is InChI=1S/C24H33ClN4/c1-26(2)14-8-16-28(17-9-15-27(3)4)29-19-23(20-10-6-5-7-11-20)22-18-21(25)12-13-24(22)29/h5-7,10-13,18-19H,8-9,14-17H2,1-4H3. The summed E-state index contributed by atoms with van der Waals surface area (Å²) in [4.78, 5) is 4.50. The summed E-state index contributed by atoms with van der Waals surface area (Å²) in [5.74, 6) is 0. The van der Waals surface area contributed by atoms with Crippen molar-refractivity contribution in [1.29, 1.82) is 0 Å². The van der Waals surface area contributed by atoms with Gasteiger partial charge in [-0.15, -0.1) is 0 Å². The summed E-state index contributed by atoms with van der Waals surface area (Å²) in [6.45, 7) is 4.21. The highest BCUT2D eigenvalue weighted by molar-refractivity contribution is 6.31. The lowest BCUT2D eigenvalue weighted by Crippen LogP contribution is -2.38. The van der Waals surface area contributed by atoms with Crippen LogP contribution in [0.1, 0.15) is 12.8 Å². The van der Waals surface area contributed by atoms with Gasteiger partial charge in [-0.05, 0) is 77.9 Å². The van der Waals surface area contributed by atoms with Gasteiger partial charge in [-0.25, -0.2) is 0 Å². The summed E-state index contributed by atoms with van der Waals surface area (Å²) < 4.78 is 2.35. The minimum Gasteiger partial charge on any atom is -0.313 e. The Morgan fingerprint density at radius 3 is 2.00 bits per heavy atom. The molecule has 4 nitrogen and oxygen atoms in total. The van der Waals surface area contributed by atoms with Crippen LogP contribution in [0, 0.1) is 0 Å². The Balaban J connectivity index is 1.98. The maximum absolute atomic E-state index is 6.37. The molecule has 5 heteroatoms. The molecular formula is C24H33ClN4. The fourth-order valence-electron chi connectivity index (χ4n) is 3.73. The molecular weight excluding hydrogens is 380 g/mol. The molecule has 3 aromatic rings. The molecule has 0 amide bonds. The number of benzene rings is 2. The van der Waals surface area contributed by atoms with Crippen molar-refractivity contribution >= 4 is 22.5 Å². The van der Waals surface area contributed by atoms with E-state index in [0.29, 0.717) is 0 Å². The molecule has 0 saturated heterocycles. The molecule has 0 aliphatic carbocycles. The summed E-state index contributed by atoms with van der Waals surface area (Å²) in [5.41, 5.74) is 3.66. The number of hydrogen-bond acceptors (Lipinski definition) is 3. The van der Waals surface area contributed by atoms with Gasteiger partial charge in [0.05, 0.1) is 5.52 Å². The third-order valence-electron chi connectivity index (χ3n) is 5.18. The first kappa shape index (κ1) is 21.7. The molecule has 0 atom stereocenters. The van der Waals surface area contributed by atoms with Gasteiger partial charge in [0.2, 0.25) is 0 Å². The maximum atomic E-state index is 6.37. The fraction of sp³-hybridized carbons (Fsp3) is 0.417. The zero-order valence-electron chi connectivity index (χ0n) is 18.1. The lowest BCUT2D eigenvalue weighted by Gasteiger charge is -2.28. The van der Waals surface area contributed by atoms with Crippen molar-refractivity contribution in [2.45, 2.75) is 12.8 Å². The third kappa shape index (κ3) is 5.75. The number of aromatic nitrogens is 1. The van der Waals surface area contributed by atoms with Gasteiger partial charge in [0.25, 0.3) is 0 Å². The van der Waals surface area contributed by atoms with E-state index in [1.807, 2.05) is 6.07 Å². The van der Waals surface area contributed by atoms with E-state index in [9.17, 15) is 0 Å². The Morgan fingerprint density at radius 1 is 0.793 bits per heavy atom. The normalized spacial score (nSPS) is 11.7. The van der Waals surface area contributed by atoms with Crippen LogP contribution in [0.2, 0.25) is 5.02 Å². The van der Waals surface area contributed by atoms with E-state index in [4.69, 9.17) is 11.6 Å². The lowest BCUT2D eigenvalue weighted by atomic mass is 10.1. The molecule has 1 aromatic heterocycles. The van der Waals surface area contributed by atoms with Crippen LogP contribution in [0.3, 0.4) is 0 Å². The van der Waals surface area contributed by atoms with E-state index in [0.717, 1.165) is 44.0 Å². The number of nitrogens with zero attached hydrogens (tertiary/aromatic N) is 4. The molecule has 0 bridgehead atoms. The van der Waals surface area contributed by atoms with Gasteiger partial charge in [0.15, 0.2) is 0 Å². The molecule has 3 rings (SSSR count). The Morgan fingerprint density at radius 2 is 1.41 bits per heavy atom. The van der Waals surface area contributed by atoms with Gasteiger partial charge in [-0.3, -0.25) is 4.68 Å². The zero-order chi connectivity index (χ0) is 20.8. The van der Waals surface area contributed by atoms with Crippen LogP contribution < -0.4 is 5.01 Å². The SMILES string of the molecule is CN(C)CCCN(CCCN(C)C)n1cc(-c2ccccc2)c2cc(Cl)ccc21. The second-order valence-corrected chi connectivity index (χ2v) is 8.62. The molecule has 0 saturated carbocycles. The van der Waals surface area contributed by atoms with E-state index in [2.05, 4.69) is 96.3 Å². The van der Waals surface area contributed by atoms with Crippen molar-refractivity contribution in [3.8, 4) is 11.1 Å². The predicted molar refractivity (Wildman–Crippen MR) is 127 cm³/mol. The average molecular weight is 413 g/mol.